The van der Waals surface area contributed by atoms with Crippen LogP contribution >= 0.6 is 0 Å². The molecule has 1 aliphatic rings. The maximum absolute atomic E-state index is 15.0. The van der Waals surface area contributed by atoms with Crippen LogP contribution in [0.2, 0.25) is 0 Å². The van der Waals surface area contributed by atoms with E-state index in [0.717, 1.165) is 11.3 Å². The summed E-state index contributed by atoms with van der Waals surface area (Å²) in [5.74, 6) is 0.475. The second-order valence-corrected chi connectivity index (χ2v) is 8.74. The van der Waals surface area contributed by atoms with Gasteiger partial charge in [-0.2, -0.15) is 0 Å². The maximum atomic E-state index is 15.0. The van der Waals surface area contributed by atoms with E-state index in [1.807, 2.05) is 62.4 Å². The fourth-order valence-electron chi connectivity index (χ4n) is 4.32. The summed E-state index contributed by atoms with van der Waals surface area (Å²) in [4.78, 5) is 20.1. The summed E-state index contributed by atoms with van der Waals surface area (Å²) in [5.41, 5.74) is 2.17. The molecule has 0 amide bonds. The molecule has 5 heteroatoms. The summed E-state index contributed by atoms with van der Waals surface area (Å²) in [6, 6.07) is 19.6. The standard InChI is InChI=1S/C27H27FN2O2/c1-27(2)18-30(17-19-11-13-21(32-3)14-12-19)25(22-9-4-5-10-24(22)28)23(26(27)31)16-20-8-6-7-15-29-20/h4-16,25H,17-18H2,1-3H3/b23-16-. The minimum atomic E-state index is -0.616. The Morgan fingerprint density at radius 3 is 2.47 bits per heavy atom. The second-order valence-electron chi connectivity index (χ2n) is 8.74. The van der Waals surface area contributed by atoms with Crippen LogP contribution in [0.3, 0.4) is 0 Å². The quantitative estimate of drug-likeness (QED) is 0.504. The molecular formula is C27H27FN2O2. The van der Waals surface area contributed by atoms with Gasteiger partial charge >= 0.3 is 0 Å². The number of carbonyl (C=O) groups is 1. The van der Waals surface area contributed by atoms with Crippen LogP contribution in [0.25, 0.3) is 6.08 Å². The van der Waals surface area contributed by atoms with Crippen LogP contribution in [0.15, 0.2) is 78.5 Å². The van der Waals surface area contributed by atoms with Crippen molar-refractivity contribution in [3.05, 3.63) is 101 Å². The SMILES string of the molecule is COc1ccc(CN2CC(C)(C)C(=O)/C(=C\c3ccccn3)C2c2ccccc2F)cc1. The number of benzene rings is 2. The lowest BCUT2D eigenvalue weighted by Gasteiger charge is -2.44. The van der Waals surface area contributed by atoms with E-state index < -0.39 is 11.5 Å². The van der Waals surface area contributed by atoms with Crippen molar-refractivity contribution in [1.29, 1.82) is 0 Å². The minimum Gasteiger partial charge on any atom is -0.497 e. The third kappa shape index (κ3) is 4.48. The number of methoxy groups -OCH3 is 1. The number of halogens is 1. The zero-order valence-electron chi connectivity index (χ0n) is 18.6. The number of Topliss-reactive ketones (excluding diaryl/α,β-unsaturated/α-hetero) is 1. The van der Waals surface area contributed by atoms with Crippen molar-refractivity contribution in [1.82, 2.24) is 9.88 Å². The van der Waals surface area contributed by atoms with E-state index in [4.69, 9.17) is 4.74 Å². The number of ketones is 1. The molecule has 1 aromatic heterocycles. The highest BCUT2D eigenvalue weighted by Crippen LogP contribution is 2.43. The van der Waals surface area contributed by atoms with Crippen molar-refractivity contribution in [2.45, 2.75) is 26.4 Å². The molecule has 0 radical (unpaired) electrons. The predicted molar refractivity (Wildman–Crippen MR) is 124 cm³/mol. The fraction of sp³-hybridized carbons (Fsp3) is 0.259. The molecular weight excluding hydrogens is 403 g/mol. The highest BCUT2D eigenvalue weighted by molar-refractivity contribution is 6.05. The second kappa shape index (κ2) is 9.05. The van der Waals surface area contributed by atoms with E-state index in [1.54, 1.807) is 31.5 Å². The van der Waals surface area contributed by atoms with E-state index in [1.165, 1.54) is 6.07 Å². The summed E-state index contributed by atoms with van der Waals surface area (Å²) in [6.07, 6.45) is 3.50. The first-order valence-corrected chi connectivity index (χ1v) is 10.7. The lowest BCUT2D eigenvalue weighted by molar-refractivity contribution is -0.128. The number of ether oxygens (including phenoxy) is 1. The van der Waals surface area contributed by atoms with Crippen LogP contribution < -0.4 is 4.74 Å². The molecule has 2 aromatic carbocycles. The van der Waals surface area contributed by atoms with Gasteiger partial charge in [0.2, 0.25) is 0 Å². The monoisotopic (exact) mass is 430 g/mol. The Morgan fingerprint density at radius 1 is 1.09 bits per heavy atom. The van der Waals surface area contributed by atoms with Crippen molar-refractivity contribution < 1.29 is 13.9 Å². The molecule has 2 heterocycles. The Kier molecular flexibility index (Phi) is 6.19. The summed E-state index contributed by atoms with van der Waals surface area (Å²) in [7, 11) is 1.64. The Balaban J connectivity index is 1.83. The van der Waals surface area contributed by atoms with E-state index in [2.05, 4.69) is 9.88 Å². The van der Waals surface area contributed by atoms with Gasteiger partial charge in [-0.1, -0.05) is 50.2 Å². The first kappa shape index (κ1) is 21.9. The third-order valence-electron chi connectivity index (χ3n) is 5.87. The third-order valence-corrected chi connectivity index (χ3v) is 5.87. The highest BCUT2D eigenvalue weighted by atomic mass is 19.1. The van der Waals surface area contributed by atoms with Gasteiger partial charge < -0.3 is 4.74 Å². The molecule has 1 saturated heterocycles. The van der Waals surface area contributed by atoms with E-state index >= 15 is 4.39 Å². The largest absolute Gasteiger partial charge is 0.497 e. The van der Waals surface area contributed by atoms with Crippen LogP contribution in [-0.4, -0.2) is 29.3 Å². The lowest BCUT2D eigenvalue weighted by atomic mass is 9.74. The van der Waals surface area contributed by atoms with Gasteiger partial charge in [-0.3, -0.25) is 14.7 Å². The molecule has 0 spiro atoms. The van der Waals surface area contributed by atoms with Gasteiger partial charge in [0.1, 0.15) is 11.6 Å². The Hall–Kier alpha value is -3.31. The normalized spacial score (nSPS) is 19.8. The lowest BCUT2D eigenvalue weighted by Crippen LogP contribution is -2.49. The van der Waals surface area contributed by atoms with Crippen molar-refractivity contribution in [3.63, 3.8) is 0 Å². The van der Waals surface area contributed by atoms with Gasteiger partial charge in [0.15, 0.2) is 5.78 Å². The van der Waals surface area contributed by atoms with Crippen molar-refractivity contribution in [2.24, 2.45) is 5.41 Å². The van der Waals surface area contributed by atoms with Gasteiger partial charge in [-0.15, -0.1) is 0 Å². The molecule has 3 aromatic rings. The Bertz CT molecular complexity index is 1120. The Labute approximate surface area is 188 Å². The summed E-state index contributed by atoms with van der Waals surface area (Å²) in [6.45, 7) is 4.97. The first-order valence-electron chi connectivity index (χ1n) is 10.7. The number of rotatable bonds is 5. The first-order chi connectivity index (χ1) is 15.4. The van der Waals surface area contributed by atoms with Crippen LogP contribution in [-0.2, 0) is 11.3 Å². The van der Waals surface area contributed by atoms with E-state index in [9.17, 15) is 4.79 Å². The number of pyridine rings is 1. The summed E-state index contributed by atoms with van der Waals surface area (Å²) in [5, 5.41) is 0. The maximum Gasteiger partial charge on any atom is 0.167 e. The number of likely N-dealkylation sites (tertiary alicyclic amines) is 1. The Morgan fingerprint density at radius 2 is 1.81 bits per heavy atom. The summed E-state index contributed by atoms with van der Waals surface area (Å²) < 4.78 is 20.3. The number of nitrogens with zero attached hydrogens (tertiary/aromatic N) is 2. The molecule has 164 valence electrons. The zero-order valence-corrected chi connectivity index (χ0v) is 18.6. The molecule has 0 saturated carbocycles. The number of hydrogen-bond acceptors (Lipinski definition) is 4. The predicted octanol–water partition coefficient (Wildman–Crippen LogP) is 5.47. The van der Waals surface area contributed by atoms with E-state index in [0.29, 0.717) is 29.9 Å². The van der Waals surface area contributed by atoms with Gasteiger partial charge in [-0.05, 0) is 42.0 Å². The molecule has 0 bridgehead atoms. The highest BCUT2D eigenvalue weighted by Gasteiger charge is 2.44. The summed E-state index contributed by atoms with van der Waals surface area (Å²) >= 11 is 0. The van der Waals surface area contributed by atoms with Crippen LogP contribution in [0.5, 0.6) is 5.75 Å². The molecule has 1 atom stereocenters. The van der Waals surface area contributed by atoms with Crippen LogP contribution in [0.1, 0.15) is 36.7 Å². The number of carbonyl (C=O) groups excluding carboxylic acids is 1. The van der Waals surface area contributed by atoms with Crippen molar-refractivity contribution >= 4 is 11.9 Å². The molecule has 1 unspecified atom stereocenters. The average Bonchev–Trinajstić information content (AvgIpc) is 2.79. The van der Waals surface area contributed by atoms with Crippen molar-refractivity contribution in [3.8, 4) is 5.75 Å². The average molecular weight is 431 g/mol. The van der Waals surface area contributed by atoms with Crippen molar-refractivity contribution in [2.75, 3.05) is 13.7 Å². The van der Waals surface area contributed by atoms with Gasteiger partial charge in [-0.25, -0.2) is 4.39 Å². The topological polar surface area (TPSA) is 42.4 Å². The fourth-order valence-corrected chi connectivity index (χ4v) is 4.32. The molecule has 0 N–H and O–H groups in total. The molecule has 1 fully saturated rings. The number of aromatic nitrogens is 1. The smallest absolute Gasteiger partial charge is 0.167 e. The molecule has 1 aliphatic heterocycles. The number of hydrogen-bond donors (Lipinski definition) is 0. The van der Waals surface area contributed by atoms with Gasteiger partial charge in [0.25, 0.3) is 0 Å². The molecule has 32 heavy (non-hydrogen) atoms. The molecule has 0 aliphatic carbocycles. The molecule has 4 nitrogen and oxygen atoms in total. The zero-order chi connectivity index (χ0) is 22.7. The van der Waals surface area contributed by atoms with Crippen LogP contribution in [0, 0.1) is 11.2 Å². The van der Waals surface area contributed by atoms with Crippen LogP contribution in [0.4, 0.5) is 4.39 Å². The molecule has 4 rings (SSSR count). The minimum absolute atomic E-state index is 0.0161. The number of piperidine rings is 1. The van der Waals surface area contributed by atoms with Gasteiger partial charge in [0.05, 0.1) is 18.8 Å². The van der Waals surface area contributed by atoms with Gasteiger partial charge in [0, 0.05) is 35.8 Å². The van der Waals surface area contributed by atoms with E-state index in [-0.39, 0.29) is 11.6 Å².